The third-order valence-corrected chi connectivity index (χ3v) is 4.12. The number of aryl methyl sites for hydroxylation is 1. The van der Waals surface area contributed by atoms with E-state index in [1.165, 1.54) is 0 Å². The molecule has 1 aliphatic heterocycles. The number of aliphatic hydroxyl groups excluding tert-OH is 1. The van der Waals surface area contributed by atoms with Crippen molar-refractivity contribution in [1.82, 2.24) is 0 Å². The lowest BCUT2D eigenvalue weighted by molar-refractivity contribution is 0.00578. The van der Waals surface area contributed by atoms with Crippen LogP contribution in [0.2, 0.25) is 0 Å². The molecule has 5 heteroatoms. The van der Waals surface area contributed by atoms with E-state index in [0.29, 0.717) is 11.3 Å². The molecule has 0 amide bonds. The van der Waals surface area contributed by atoms with Gasteiger partial charge in [0, 0.05) is 16.7 Å². The smallest absolute Gasteiger partial charge is 0.399 e. The average molecular weight is 263 g/mol. The van der Waals surface area contributed by atoms with Crippen molar-refractivity contribution in [2.45, 2.75) is 52.4 Å². The molecule has 1 aliphatic rings. The summed E-state index contributed by atoms with van der Waals surface area (Å²) in [5.74, 6) is 0. The molecule has 0 saturated carbocycles. The van der Waals surface area contributed by atoms with Gasteiger partial charge in [0.2, 0.25) is 0 Å². The number of nitrogens with two attached hydrogens (primary N) is 1. The van der Waals surface area contributed by atoms with Crippen LogP contribution in [0.1, 0.15) is 38.8 Å². The molecule has 1 heterocycles. The van der Waals surface area contributed by atoms with E-state index in [0.717, 1.165) is 11.0 Å². The Labute approximate surface area is 115 Å². The summed E-state index contributed by atoms with van der Waals surface area (Å²) in [5.41, 5.74) is 8.39. The minimum absolute atomic E-state index is 0.0833. The van der Waals surface area contributed by atoms with Crippen LogP contribution in [0.15, 0.2) is 12.1 Å². The normalized spacial score (nSPS) is 20.8. The van der Waals surface area contributed by atoms with Crippen LogP contribution in [0.5, 0.6) is 0 Å². The van der Waals surface area contributed by atoms with E-state index in [2.05, 4.69) is 0 Å². The highest BCUT2D eigenvalue weighted by molar-refractivity contribution is 6.64. The summed E-state index contributed by atoms with van der Waals surface area (Å²) in [6.07, 6.45) is 0. The fourth-order valence-corrected chi connectivity index (χ4v) is 2.20. The third kappa shape index (κ3) is 2.38. The summed E-state index contributed by atoms with van der Waals surface area (Å²) in [6, 6.07) is 3.83. The zero-order valence-electron chi connectivity index (χ0n) is 12.3. The summed E-state index contributed by atoms with van der Waals surface area (Å²) < 4.78 is 12.0. The first kappa shape index (κ1) is 14.4. The van der Waals surface area contributed by atoms with Crippen LogP contribution in [-0.2, 0) is 15.9 Å². The van der Waals surface area contributed by atoms with Crippen molar-refractivity contribution in [3.63, 3.8) is 0 Å². The minimum Gasteiger partial charge on any atom is -0.399 e. The van der Waals surface area contributed by atoms with Crippen LogP contribution in [0.25, 0.3) is 0 Å². The second-order valence-corrected chi connectivity index (χ2v) is 6.17. The first-order valence-electron chi connectivity index (χ1n) is 6.53. The highest BCUT2D eigenvalue weighted by Crippen LogP contribution is 2.37. The van der Waals surface area contributed by atoms with Crippen LogP contribution >= 0.6 is 0 Å². The minimum atomic E-state index is -0.491. The van der Waals surface area contributed by atoms with Crippen molar-refractivity contribution < 1.29 is 14.4 Å². The molecular formula is C14H22BNO3. The van der Waals surface area contributed by atoms with E-state index >= 15 is 0 Å². The van der Waals surface area contributed by atoms with Gasteiger partial charge in [-0.3, -0.25) is 0 Å². The lowest BCUT2D eigenvalue weighted by Gasteiger charge is -2.32. The van der Waals surface area contributed by atoms with Crippen LogP contribution in [0, 0.1) is 6.92 Å². The zero-order chi connectivity index (χ0) is 14.4. The van der Waals surface area contributed by atoms with Crippen molar-refractivity contribution in [2.24, 2.45) is 0 Å². The number of aliphatic hydroxyl groups is 1. The summed E-state index contributed by atoms with van der Waals surface area (Å²) in [7, 11) is -0.491. The lowest BCUT2D eigenvalue weighted by Crippen LogP contribution is -2.41. The van der Waals surface area contributed by atoms with Gasteiger partial charge >= 0.3 is 7.12 Å². The number of anilines is 1. The Morgan fingerprint density at radius 2 is 1.68 bits per heavy atom. The van der Waals surface area contributed by atoms with Gasteiger partial charge in [0.1, 0.15) is 0 Å². The van der Waals surface area contributed by atoms with Gasteiger partial charge in [-0.2, -0.15) is 0 Å². The molecular weight excluding hydrogens is 241 g/mol. The van der Waals surface area contributed by atoms with Gasteiger partial charge in [0.15, 0.2) is 0 Å². The molecule has 1 aromatic carbocycles. The number of hydrogen-bond acceptors (Lipinski definition) is 4. The van der Waals surface area contributed by atoms with Crippen molar-refractivity contribution >= 4 is 18.3 Å². The van der Waals surface area contributed by atoms with E-state index in [4.69, 9.17) is 15.0 Å². The fraction of sp³-hybridized carbons (Fsp3) is 0.571. The summed E-state index contributed by atoms with van der Waals surface area (Å²) in [4.78, 5) is 0. The molecule has 19 heavy (non-hydrogen) atoms. The highest BCUT2D eigenvalue weighted by Gasteiger charge is 2.52. The Morgan fingerprint density at radius 3 is 2.16 bits per heavy atom. The predicted octanol–water partition coefficient (Wildman–Crippen LogP) is 1.37. The van der Waals surface area contributed by atoms with Gasteiger partial charge in [-0.25, -0.2) is 0 Å². The summed E-state index contributed by atoms with van der Waals surface area (Å²) >= 11 is 0. The van der Waals surface area contributed by atoms with Gasteiger partial charge in [0.25, 0.3) is 0 Å². The first-order chi connectivity index (χ1) is 8.68. The quantitative estimate of drug-likeness (QED) is 0.624. The Bertz CT molecular complexity index is 484. The summed E-state index contributed by atoms with van der Waals surface area (Å²) in [5, 5.41) is 9.35. The fourth-order valence-electron chi connectivity index (χ4n) is 2.20. The van der Waals surface area contributed by atoms with Gasteiger partial charge < -0.3 is 20.1 Å². The molecule has 2 rings (SSSR count). The molecule has 1 fully saturated rings. The molecule has 104 valence electrons. The van der Waals surface area contributed by atoms with E-state index in [1.54, 1.807) is 0 Å². The van der Waals surface area contributed by atoms with Gasteiger partial charge in [0.05, 0.1) is 17.8 Å². The molecule has 1 aromatic rings. The number of benzene rings is 1. The van der Waals surface area contributed by atoms with Gasteiger partial charge in [-0.1, -0.05) is 17.7 Å². The van der Waals surface area contributed by atoms with E-state index in [-0.39, 0.29) is 6.61 Å². The largest absolute Gasteiger partial charge is 0.496 e. The molecule has 0 bridgehead atoms. The van der Waals surface area contributed by atoms with Crippen molar-refractivity contribution in [2.75, 3.05) is 5.73 Å². The molecule has 3 N–H and O–H groups in total. The van der Waals surface area contributed by atoms with E-state index in [9.17, 15) is 5.11 Å². The molecule has 0 atom stereocenters. The van der Waals surface area contributed by atoms with Gasteiger partial charge in [-0.15, -0.1) is 0 Å². The first-order valence-corrected chi connectivity index (χ1v) is 6.53. The maximum absolute atomic E-state index is 9.35. The standard InChI is InChI=1S/C14H22BNO3/c1-9-6-10(8-17)12(16)11(7-9)15-18-13(2,3)14(4,5)19-15/h6-7,17H,8,16H2,1-5H3. The third-order valence-electron chi connectivity index (χ3n) is 4.12. The molecule has 0 spiro atoms. The highest BCUT2D eigenvalue weighted by atomic mass is 16.7. The van der Waals surface area contributed by atoms with E-state index in [1.807, 2.05) is 46.8 Å². The van der Waals surface area contributed by atoms with Crippen LogP contribution in [0.3, 0.4) is 0 Å². The number of rotatable bonds is 2. The zero-order valence-corrected chi connectivity index (χ0v) is 12.3. The summed E-state index contributed by atoms with van der Waals surface area (Å²) in [6.45, 7) is 9.91. The second kappa shape index (κ2) is 4.51. The van der Waals surface area contributed by atoms with Crippen molar-refractivity contribution in [1.29, 1.82) is 0 Å². The van der Waals surface area contributed by atoms with Crippen molar-refractivity contribution in [3.8, 4) is 0 Å². The van der Waals surface area contributed by atoms with Gasteiger partial charge in [-0.05, 0) is 34.6 Å². The Kier molecular flexibility index (Phi) is 3.41. The molecule has 0 unspecified atom stereocenters. The van der Waals surface area contributed by atoms with Crippen LogP contribution < -0.4 is 11.2 Å². The predicted molar refractivity (Wildman–Crippen MR) is 77.2 cm³/mol. The monoisotopic (exact) mass is 263 g/mol. The van der Waals surface area contributed by atoms with Crippen molar-refractivity contribution in [3.05, 3.63) is 23.3 Å². The Balaban J connectivity index is 2.42. The maximum Gasteiger partial charge on any atom is 0.496 e. The molecule has 0 aromatic heterocycles. The van der Waals surface area contributed by atoms with Crippen LogP contribution in [-0.4, -0.2) is 23.4 Å². The topological polar surface area (TPSA) is 64.7 Å². The van der Waals surface area contributed by atoms with E-state index < -0.39 is 18.3 Å². The number of hydrogen-bond donors (Lipinski definition) is 2. The molecule has 0 radical (unpaired) electrons. The lowest BCUT2D eigenvalue weighted by atomic mass is 9.76. The maximum atomic E-state index is 9.35. The molecule has 1 saturated heterocycles. The Morgan fingerprint density at radius 1 is 1.16 bits per heavy atom. The number of nitrogen functional groups attached to an aromatic ring is 1. The average Bonchev–Trinajstić information content (AvgIpc) is 2.50. The second-order valence-electron chi connectivity index (χ2n) is 6.17. The molecule has 4 nitrogen and oxygen atoms in total. The Hall–Kier alpha value is -1.04. The SMILES string of the molecule is Cc1cc(CO)c(N)c(B2OC(C)(C)C(C)(C)O2)c1. The van der Waals surface area contributed by atoms with Crippen LogP contribution in [0.4, 0.5) is 5.69 Å². The molecule has 0 aliphatic carbocycles.